The summed E-state index contributed by atoms with van der Waals surface area (Å²) in [6, 6.07) is 8.26. The number of carbonyl (C=O) groups is 4. The van der Waals surface area contributed by atoms with E-state index in [0.29, 0.717) is 0 Å². The standard InChI is InChI=1S/C32H46N4O11/c1-19(27(39)34-17-31(12-23(37)33-6)25-21(15-42-31)44-29(2,3)46-25)36-24(38)13-32(26-22(16-43-32)45-30(4,5)47-26)18-35-28(40)41-14-20-10-8-7-9-11-20/h7-11,19,21-22,25-26H,12-18H2,1-6H3,(H,33,37)(H,34,39)(H,35,40)(H,36,38)/t19-,21+,22+,25+,26+,31-,32-/m0/s1. The Morgan fingerprint density at radius 2 is 1.34 bits per heavy atom. The Labute approximate surface area is 274 Å². The van der Waals surface area contributed by atoms with Gasteiger partial charge in [0.25, 0.3) is 0 Å². The molecular formula is C32H46N4O11. The fourth-order valence-corrected chi connectivity index (χ4v) is 6.57. The summed E-state index contributed by atoms with van der Waals surface area (Å²) in [6.07, 6.45) is -3.10. The van der Waals surface area contributed by atoms with Crippen molar-refractivity contribution in [1.29, 1.82) is 0 Å². The average molecular weight is 663 g/mol. The van der Waals surface area contributed by atoms with E-state index in [4.69, 9.17) is 33.2 Å². The number of carbonyl (C=O) groups excluding carboxylic acids is 4. The normalized spacial score (nSPS) is 32.1. The van der Waals surface area contributed by atoms with E-state index in [1.165, 1.54) is 14.0 Å². The third-order valence-corrected chi connectivity index (χ3v) is 8.75. The first-order valence-electron chi connectivity index (χ1n) is 15.9. The van der Waals surface area contributed by atoms with Crippen LogP contribution < -0.4 is 21.3 Å². The lowest BCUT2D eigenvalue weighted by Crippen LogP contribution is -2.57. The maximum absolute atomic E-state index is 13.4. The lowest BCUT2D eigenvalue weighted by molar-refractivity contribution is -0.196. The molecule has 1 aromatic carbocycles. The Bertz CT molecular complexity index is 1330. The third-order valence-electron chi connectivity index (χ3n) is 8.75. The molecule has 260 valence electrons. The van der Waals surface area contributed by atoms with Crippen LogP contribution in [0.1, 0.15) is 53.0 Å². The lowest BCUT2D eigenvalue weighted by Gasteiger charge is -2.34. The molecule has 0 aliphatic carbocycles. The Hall–Kier alpha value is -3.34. The number of rotatable bonds is 12. The first kappa shape index (κ1) is 35.0. The molecule has 15 heteroatoms. The molecular weight excluding hydrogens is 616 g/mol. The minimum Gasteiger partial charge on any atom is -0.445 e. The molecule has 0 spiro atoms. The van der Waals surface area contributed by atoms with Crippen LogP contribution in [0.4, 0.5) is 4.79 Å². The average Bonchev–Trinajstić information content (AvgIpc) is 3.71. The molecule has 15 nitrogen and oxygen atoms in total. The van der Waals surface area contributed by atoms with Crippen LogP contribution in [0.15, 0.2) is 30.3 Å². The molecule has 4 fully saturated rings. The van der Waals surface area contributed by atoms with Crippen molar-refractivity contribution in [2.24, 2.45) is 0 Å². The number of amides is 4. The molecule has 0 aromatic heterocycles. The predicted molar refractivity (Wildman–Crippen MR) is 164 cm³/mol. The van der Waals surface area contributed by atoms with Crippen molar-refractivity contribution in [2.75, 3.05) is 33.4 Å². The van der Waals surface area contributed by atoms with Crippen LogP contribution >= 0.6 is 0 Å². The van der Waals surface area contributed by atoms with Crippen molar-refractivity contribution in [3.63, 3.8) is 0 Å². The van der Waals surface area contributed by atoms with Gasteiger partial charge in [0.2, 0.25) is 17.7 Å². The maximum atomic E-state index is 13.4. The second-order valence-electron chi connectivity index (χ2n) is 13.4. The van der Waals surface area contributed by atoms with Gasteiger partial charge < -0.3 is 54.4 Å². The highest BCUT2D eigenvalue weighted by Gasteiger charge is 2.60. The predicted octanol–water partition coefficient (Wildman–Crippen LogP) is 0.638. The van der Waals surface area contributed by atoms with Crippen LogP contribution in [0.2, 0.25) is 0 Å². The summed E-state index contributed by atoms with van der Waals surface area (Å²) in [4.78, 5) is 51.7. The van der Waals surface area contributed by atoms with Gasteiger partial charge in [-0.3, -0.25) is 14.4 Å². The third kappa shape index (κ3) is 8.04. The summed E-state index contributed by atoms with van der Waals surface area (Å²) in [5.41, 5.74) is -1.63. The van der Waals surface area contributed by atoms with Crippen molar-refractivity contribution in [1.82, 2.24) is 21.3 Å². The SMILES string of the molecule is CNC(=O)C[C@@]1(CNC(=O)[C@H](C)NC(=O)C[C@@]2(CNC(=O)OCc3ccccc3)OC[C@H]3OC(C)(C)O[C@H]32)OC[C@H]2OC(C)(C)O[C@H]21. The molecule has 0 bridgehead atoms. The summed E-state index contributed by atoms with van der Waals surface area (Å²) in [7, 11) is 1.52. The maximum Gasteiger partial charge on any atom is 0.407 e. The van der Waals surface area contributed by atoms with E-state index < -0.39 is 71.1 Å². The monoisotopic (exact) mass is 662 g/mol. The van der Waals surface area contributed by atoms with Crippen LogP contribution in [-0.4, -0.2) is 110 Å². The molecule has 47 heavy (non-hydrogen) atoms. The van der Waals surface area contributed by atoms with E-state index in [1.54, 1.807) is 27.7 Å². The minimum absolute atomic E-state index is 0.0495. The van der Waals surface area contributed by atoms with E-state index in [1.807, 2.05) is 30.3 Å². The van der Waals surface area contributed by atoms with Gasteiger partial charge in [0, 0.05) is 13.6 Å². The van der Waals surface area contributed by atoms with Crippen molar-refractivity contribution >= 4 is 23.8 Å². The van der Waals surface area contributed by atoms with Crippen LogP contribution in [0.25, 0.3) is 0 Å². The molecule has 4 N–H and O–H groups in total. The molecule has 0 unspecified atom stereocenters. The van der Waals surface area contributed by atoms with Crippen LogP contribution in [-0.2, 0) is 54.1 Å². The Balaban J connectivity index is 1.20. The summed E-state index contributed by atoms with van der Waals surface area (Å²) in [6.45, 7) is 8.90. The fraction of sp³-hybridized carbons (Fsp3) is 0.688. The van der Waals surface area contributed by atoms with Gasteiger partial charge in [-0.05, 0) is 40.2 Å². The zero-order valence-electron chi connectivity index (χ0n) is 27.7. The van der Waals surface area contributed by atoms with E-state index in [9.17, 15) is 19.2 Å². The van der Waals surface area contributed by atoms with E-state index in [2.05, 4.69) is 21.3 Å². The Morgan fingerprint density at radius 1 is 0.809 bits per heavy atom. The molecule has 0 saturated carbocycles. The van der Waals surface area contributed by atoms with Crippen molar-refractivity contribution < 1.29 is 52.3 Å². The van der Waals surface area contributed by atoms with E-state index >= 15 is 0 Å². The molecule has 4 aliphatic heterocycles. The van der Waals surface area contributed by atoms with Crippen molar-refractivity contribution in [2.45, 2.75) is 107 Å². The smallest absolute Gasteiger partial charge is 0.407 e. The van der Waals surface area contributed by atoms with Gasteiger partial charge in [-0.15, -0.1) is 0 Å². The van der Waals surface area contributed by atoms with Crippen LogP contribution in [0.5, 0.6) is 0 Å². The highest BCUT2D eigenvalue weighted by atomic mass is 16.8. The molecule has 7 atom stereocenters. The number of hydrogen-bond acceptors (Lipinski definition) is 11. The zero-order chi connectivity index (χ0) is 34.0. The summed E-state index contributed by atoms with van der Waals surface area (Å²) in [5.74, 6) is -3.08. The molecule has 4 heterocycles. The number of benzene rings is 1. The highest BCUT2D eigenvalue weighted by molar-refractivity contribution is 5.88. The topological polar surface area (TPSA) is 181 Å². The summed E-state index contributed by atoms with van der Waals surface area (Å²) in [5, 5.41) is 10.8. The Kier molecular flexibility index (Phi) is 10.2. The van der Waals surface area contributed by atoms with Gasteiger partial charge in [-0.2, -0.15) is 0 Å². The van der Waals surface area contributed by atoms with Gasteiger partial charge in [0.1, 0.15) is 48.3 Å². The Morgan fingerprint density at radius 3 is 1.89 bits per heavy atom. The summed E-state index contributed by atoms with van der Waals surface area (Å²) < 4.78 is 41.6. The zero-order valence-corrected chi connectivity index (χ0v) is 27.7. The quantitative estimate of drug-likeness (QED) is 0.247. The molecule has 4 saturated heterocycles. The first-order valence-corrected chi connectivity index (χ1v) is 15.9. The van der Waals surface area contributed by atoms with Gasteiger partial charge >= 0.3 is 6.09 Å². The highest BCUT2D eigenvalue weighted by Crippen LogP contribution is 2.43. The molecule has 0 radical (unpaired) electrons. The largest absolute Gasteiger partial charge is 0.445 e. The van der Waals surface area contributed by atoms with Gasteiger partial charge in [0.05, 0.1) is 32.6 Å². The second-order valence-corrected chi connectivity index (χ2v) is 13.4. The fourth-order valence-electron chi connectivity index (χ4n) is 6.57. The van der Waals surface area contributed by atoms with Crippen LogP contribution in [0, 0.1) is 0 Å². The van der Waals surface area contributed by atoms with Gasteiger partial charge in [0.15, 0.2) is 11.6 Å². The number of fused-ring (bicyclic) bond motifs is 2. The molecule has 4 amide bonds. The molecule has 4 aliphatic rings. The van der Waals surface area contributed by atoms with Crippen LogP contribution in [0.3, 0.4) is 0 Å². The molecule has 5 rings (SSSR count). The minimum atomic E-state index is -1.29. The second kappa shape index (κ2) is 13.6. The lowest BCUT2D eigenvalue weighted by atomic mass is 9.90. The van der Waals surface area contributed by atoms with Crippen molar-refractivity contribution in [3.05, 3.63) is 35.9 Å². The van der Waals surface area contributed by atoms with E-state index in [-0.39, 0.29) is 51.7 Å². The first-order chi connectivity index (χ1) is 22.1. The number of ether oxygens (including phenoxy) is 7. The van der Waals surface area contributed by atoms with Gasteiger partial charge in [-0.1, -0.05) is 30.3 Å². The molecule has 1 aromatic rings. The van der Waals surface area contributed by atoms with Crippen molar-refractivity contribution in [3.8, 4) is 0 Å². The number of hydrogen-bond donors (Lipinski definition) is 4. The van der Waals surface area contributed by atoms with E-state index in [0.717, 1.165) is 5.56 Å². The van der Waals surface area contributed by atoms with Gasteiger partial charge in [-0.25, -0.2) is 4.79 Å². The summed E-state index contributed by atoms with van der Waals surface area (Å²) >= 11 is 0. The number of alkyl carbamates (subject to hydrolysis) is 1. The number of nitrogens with one attached hydrogen (secondary N) is 4.